The fourth-order valence-electron chi connectivity index (χ4n) is 3.63. The van der Waals surface area contributed by atoms with Gasteiger partial charge in [-0.05, 0) is 38.3 Å². The van der Waals surface area contributed by atoms with Crippen LogP contribution in [0.4, 0.5) is 0 Å². The quantitative estimate of drug-likeness (QED) is 0.799. The number of amides is 1. The molecule has 1 N–H and O–H groups in total. The number of hydrogen-bond donors (Lipinski definition) is 1. The number of carbonyl (C=O) groups excluding carboxylic acids is 1. The number of piperidine rings is 1. The number of nitrogens with zero attached hydrogens (tertiary/aromatic N) is 4. The van der Waals surface area contributed by atoms with Crippen LogP contribution in [-0.4, -0.2) is 43.4 Å². The van der Waals surface area contributed by atoms with Crippen molar-refractivity contribution < 1.29 is 4.79 Å². The molecular formula is C19H23N5O. The number of hydrogen-bond acceptors (Lipinski definition) is 3. The summed E-state index contributed by atoms with van der Waals surface area (Å²) in [7, 11) is 0. The highest BCUT2D eigenvalue weighted by atomic mass is 16.2. The average molecular weight is 337 g/mol. The van der Waals surface area contributed by atoms with E-state index in [1.807, 2.05) is 28.7 Å². The summed E-state index contributed by atoms with van der Waals surface area (Å²) in [6.45, 7) is 5.91. The lowest BCUT2D eigenvalue weighted by Crippen LogP contribution is -2.41. The zero-order valence-electron chi connectivity index (χ0n) is 14.7. The zero-order valence-corrected chi connectivity index (χ0v) is 14.7. The number of imidazole rings is 2. The summed E-state index contributed by atoms with van der Waals surface area (Å²) >= 11 is 0. The maximum Gasteiger partial charge on any atom is 0.242 e. The van der Waals surface area contributed by atoms with Gasteiger partial charge in [-0.1, -0.05) is 12.1 Å². The Hall–Kier alpha value is -2.63. The molecule has 4 rings (SSSR count). The number of benzene rings is 1. The highest BCUT2D eigenvalue weighted by Crippen LogP contribution is 2.27. The van der Waals surface area contributed by atoms with E-state index in [2.05, 4.69) is 29.0 Å². The molecule has 130 valence electrons. The van der Waals surface area contributed by atoms with Gasteiger partial charge in [-0.2, -0.15) is 0 Å². The third kappa shape index (κ3) is 3.04. The fourth-order valence-corrected chi connectivity index (χ4v) is 3.63. The summed E-state index contributed by atoms with van der Waals surface area (Å²) < 4.78 is 1.90. The lowest BCUT2D eigenvalue weighted by atomic mass is 9.97. The molecule has 1 aliphatic rings. The molecule has 1 saturated heterocycles. The van der Waals surface area contributed by atoms with Crippen molar-refractivity contribution in [2.24, 2.45) is 0 Å². The molecule has 0 saturated carbocycles. The van der Waals surface area contributed by atoms with Gasteiger partial charge in [-0.25, -0.2) is 9.97 Å². The van der Waals surface area contributed by atoms with E-state index in [4.69, 9.17) is 4.98 Å². The molecule has 0 unspecified atom stereocenters. The summed E-state index contributed by atoms with van der Waals surface area (Å²) in [4.78, 5) is 27.1. The Morgan fingerprint density at radius 3 is 3.00 bits per heavy atom. The second kappa shape index (κ2) is 6.35. The SMILES string of the molecule is Cc1cccc2[nH]c([C@@H]3CCCN(C(=O)Cn4ccnc4C)C3)nc12. The smallest absolute Gasteiger partial charge is 0.242 e. The number of H-pyrrole nitrogens is 1. The lowest BCUT2D eigenvalue weighted by molar-refractivity contribution is -0.133. The molecule has 2 aromatic heterocycles. The number of fused-ring (bicyclic) bond motifs is 1. The minimum absolute atomic E-state index is 0.151. The van der Waals surface area contributed by atoms with E-state index in [9.17, 15) is 4.79 Å². The number of aromatic nitrogens is 4. The highest BCUT2D eigenvalue weighted by molar-refractivity contribution is 5.79. The first kappa shape index (κ1) is 15.9. The van der Waals surface area contributed by atoms with E-state index in [0.29, 0.717) is 6.54 Å². The predicted octanol–water partition coefficient (Wildman–Crippen LogP) is 2.78. The van der Waals surface area contributed by atoms with Crippen molar-refractivity contribution in [3.63, 3.8) is 0 Å². The summed E-state index contributed by atoms with van der Waals surface area (Å²) in [6, 6.07) is 6.19. The fraction of sp³-hybridized carbons (Fsp3) is 0.421. The van der Waals surface area contributed by atoms with Crippen LogP contribution in [-0.2, 0) is 11.3 Å². The Labute approximate surface area is 146 Å². The second-order valence-corrected chi connectivity index (χ2v) is 6.87. The van der Waals surface area contributed by atoms with Crippen molar-refractivity contribution in [1.82, 2.24) is 24.4 Å². The molecule has 3 aromatic rings. The van der Waals surface area contributed by atoms with Crippen molar-refractivity contribution >= 4 is 16.9 Å². The van der Waals surface area contributed by atoms with Crippen LogP contribution in [0.3, 0.4) is 0 Å². The number of carbonyl (C=O) groups is 1. The summed E-state index contributed by atoms with van der Waals surface area (Å²) in [6.07, 6.45) is 5.66. The largest absolute Gasteiger partial charge is 0.342 e. The minimum atomic E-state index is 0.151. The summed E-state index contributed by atoms with van der Waals surface area (Å²) in [5.74, 6) is 2.29. The Kier molecular flexibility index (Phi) is 4.03. The number of aryl methyl sites for hydroxylation is 2. The van der Waals surface area contributed by atoms with E-state index in [-0.39, 0.29) is 11.8 Å². The van der Waals surface area contributed by atoms with Crippen LogP contribution in [0.1, 0.15) is 36.0 Å². The Balaban J connectivity index is 1.51. The normalized spacial score (nSPS) is 18.0. The van der Waals surface area contributed by atoms with Gasteiger partial charge in [0.1, 0.15) is 18.2 Å². The number of likely N-dealkylation sites (tertiary alicyclic amines) is 1. The number of nitrogens with one attached hydrogen (secondary N) is 1. The topological polar surface area (TPSA) is 66.8 Å². The molecular weight excluding hydrogens is 314 g/mol. The van der Waals surface area contributed by atoms with Crippen LogP contribution in [0.25, 0.3) is 11.0 Å². The molecule has 6 heteroatoms. The van der Waals surface area contributed by atoms with Crippen LogP contribution < -0.4 is 0 Å². The molecule has 25 heavy (non-hydrogen) atoms. The predicted molar refractivity (Wildman–Crippen MR) is 96.3 cm³/mol. The van der Waals surface area contributed by atoms with Crippen LogP contribution >= 0.6 is 0 Å². The first-order valence-electron chi connectivity index (χ1n) is 8.82. The molecule has 0 bridgehead atoms. The molecule has 0 radical (unpaired) electrons. The van der Waals surface area contributed by atoms with Gasteiger partial charge in [0.2, 0.25) is 5.91 Å². The van der Waals surface area contributed by atoms with Gasteiger partial charge in [0.15, 0.2) is 0 Å². The van der Waals surface area contributed by atoms with Crippen LogP contribution in [0.2, 0.25) is 0 Å². The average Bonchev–Trinajstić information content (AvgIpc) is 3.23. The van der Waals surface area contributed by atoms with Gasteiger partial charge in [-0.3, -0.25) is 4.79 Å². The van der Waals surface area contributed by atoms with Crippen molar-refractivity contribution in [2.75, 3.05) is 13.1 Å². The van der Waals surface area contributed by atoms with Crippen molar-refractivity contribution in [2.45, 2.75) is 39.2 Å². The second-order valence-electron chi connectivity index (χ2n) is 6.87. The first-order valence-corrected chi connectivity index (χ1v) is 8.82. The standard InChI is InChI=1S/C19H23N5O/c1-13-5-3-7-16-18(13)22-19(21-16)15-6-4-9-24(11-15)17(25)12-23-10-8-20-14(23)2/h3,5,7-8,10,15H,4,6,9,11-12H2,1-2H3,(H,21,22)/t15-/m1/s1. The van der Waals surface area contributed by atoms with Gasteiger partial charge in [0.25, 0.3) is 0 Å². The van der Waals surface area contributed by atoms with Crippen LogP contribution in [0, 0.1) is 13.8 Å². The van der Waals surface area contributed by atoms with Gasteiger partial charge in [0.05, 0.1) is 11.0 Å². The van der Waals surface area contributed by atoms with Gasteiger partial charge < -0.3 is 14.5 Å². The number of para-hydroxylation sites is 1. The number of rotatable bonds is 3. The summed E-state index contributed by atoms with van der Waals surface area (Å²) in [5.41, 5.74) is 3.29. The monoisotopic (exact) mass is 337 g/mol. The molecule has 1 aromatic carbocycles. The first-order chi connectivity index (χ1) is 12.1. The Bertz CT molecular complexity index is 910. The molecule has 1 atom stereocenters. The lowest BCUT2D eigenvalue weighted by Gasteiger charge is -2.32. The Morgan fingerprint density at radius 1 is 1.36 bits per heavy atom. The Morgan fingerprint density at radius 2 is 2.24 bits per heavy atom. The molecule has 1 fully saturated rings. The van der Waals surface area contributed by atoms with E-state index in [0.717, 1.165) is 48.6 Å². The van der Waals surface area contributed by atoms with Crippen LogP contribution in [0.15, 0.2) is 30.6 Å². The third-order valence-corrected chi connectivity index (χ3v) is 5.12. The number of aromatic amines is 1. The molecule has 1 aliphatic heterocycles. The van der Waals surface area contributed by atoms with E-state index >= 15 is 0 Å². The van der Waals surface area contributed by atoms with E-state index in [1.54, 1.807) is 6.20 Å². The maximum absolute atomic E-state index is 12.7. The maximum atomic E-state index is 12.7. The zero-order chi connectivity index (χ0) is 17.4. The van der Waals surface area contributed by atoms with Gasteiger partial charge >= 0.3 is 0 Å². The van der Waals surface area contributed by atoms with Crippen molar-refractivity contribution in [1.29, 1.82) is 0 Å². The van der Waals surface area contributed by atoms with E-state index in [1.165, 1.54) is 5.56 Å². The molecule has 0 spiro atoms. The molecule has 3 heterocycles. The molecule has 6 nitrogen and oxygen atoms in total. The van der Waals surface area contributed by atoms with Gasteiger partial charge in [-0.15, -0.1) is 0 Å². The molecule has 0 aliphatic carbocycles. The molecule has 1 amide bonds. The third-order valence-electron chi connectivity index (χ3n) is 5.12. The summed E-state index contributed by atoms with van der Waals surface area (Å²) in [5, 5.41) is 0. The van der Waals surface area contributed by atoms with Crippen LogP contribution in [0.5, 0.6) is 0 Å². The minimum Gasteiger partial charge on any atom is -0.342 e. The van der Waals surface area contributed by atoms with Crippen molar-refractivity contribution in [3.05, 3.63) is 47.8 Å². The highest BCUT2D eigenvalue weighted by Gasteiger charge is 2.27. The van der Waals surface area contributed by atoms with Gasteiger partial charge in [0, 0.05) is 31.4 Å². The van der Waals surface area contributed by atoms with E-state index < -0.39 is 0 Å². The van der Waals surface area contributed by atoms with Crippen molar-refractivity contribution in [3.8, 4) is 0 Å².